The van der Waals surface area contributed by atoms with Gasteiger partial charge in [0.15, 0.2) is 11.6 Å². The predicted octanol–water partition coefficient (Wildman–Crippen LogP) is 3.45. The normalized spacial score (nSPS) is 17.6. The van der Waals surface area contributed by atoms with Gasteiger partial charge in [-0.25, -0.2) is 4.39 Å². The number of benzene rings is 1. The molecule has 1 aliphatic carbocycles. The van der Waals surface area contributed by atoms with Crippen LogP contribution in [0, 0.1) is 11.7 Å². The Hall–Kier alpha value is -0.800. The van der Waals surface area contributed by atoms with Gasteiger partial charge in [-0.15, -0.1) is 12.4 Å². The van der Waals surface area contributed by atoms with E-state index in [1.807, 2.05) is 6.07 Å². The van der Waals surface area contributed by atoms with E-state index in [0.29, 0.717) is 11.7 Å². The fourth-order valence-electron chi connectivity index (χ4n) is 2.57. The molecule has 0 spiro atoms. The minimum atomic E-state index is -0.326. The first-order chi connectivity index (χ1) is 7.74. The lowest BCUT2D eigenvalue weighted by Crippen LogP contribution is -2.20. The van der Waals surface area contributed by atoms with Gasteiger partial charge in [0.1, 0.15) is 0 Å². The Labute approximate surface area is 108 Å². The maximum atomic E-state index is 13.5. The molecule has 2 nitrogen and oxygen atoms in total. The van der Waals surface area contributed by atoms with Crippen molar-refractivity contribution in [3.63, 3.8) is 0 Å². The number of para-hydroxylation sites is 1. The first-order valence-electron chi connectivity index (χ1n) is 5.82. The Morgan fingerprint density at radius 3 is 2.59 bits per heavy atom. The summed E-state index contributed by atoms with van der Waals surface area (Å²) in [6, 6.07) is 4.87. The van der Waals surface area contributed by atoms with Crippen LogP contribution in [0.3, 0.4) is 0 Å². The third-order valence-electron chi connectivity index (χ3n) is 3.47. The van der Waals surface area contributed by atoms with Crippen LogP contribution in [0.1, 0.15) is 37.3 Å². The van der Waals surface area contributed by atoms with E-state index in [2.05, 4.69) is 0 Å². The summed E-state index contributed by atoms with van der Waals surface area (Å²) in [5, 5.41) is 0. The topological polar surface area (TPSA) is 35.2 Å². The molecule has 0 aromatic heterocycles. The summed E-state index contributed by atoms with van der Waals surface area (Å²) in [5.41, 5.74) is 7.00. The van der Waals surface area contributed by atoms with Crippen LogP contribution in [0.15, 0.2) is 18.2 Å². The Morgan fingerprint density at radius 1 is 1.35 bits per heavy atom. The molecule has 17 heavy (non-hydrogen) atoms. The Morgan fingerprint density at radius 2 is 2.00 bits per heavy atom. The number of hydrogen-bond donors (Lipinski definition) is 1. The number of rotatable bonds is 3. The average molecular weight is 260 g/mol. The van der Waals surface area contributed by atoms with Gasteiger partial charge in [-0.05, 0) is 24.8 Å². The third kappa shape index (κ3) is 2.90. The molecule has 4 heteroatoms. The smallest absolute Gasteiger partial charge is 0.165 e. The van der Waals surface area contributed by atoms with E-state index in [-0.39, 0.29) is 24.3 Å². The molecule has 0 bridgehead atoms. The summed E-state index contributed by atoms with van der Waals surface area (Å²) >= 11 is 0. The minimum absolute atomic E-state index is 0. The second-order valence-electron chi connectivity index (χ2n) is 4.43. The van der Waals surface area contributed by atoms with Crippen molar-refractivity contribution in [2.24, 2.45) is 11.7 Å². The van der Waals surface area contributed by atoms with Crippen molar-refractivity contribution in [1.29, 1.82) is 0 Å². The van der Waals surface area contributed by atoms with Crippen LogP contribution in [0.5, 0.6) is 5.75 Å². The predicted molar refractivity (Wildman–Crippen MR) is 69.1 cm³/mol. The van der Waals surface area contributed by atoms with Crippen LogP contribution in [0.4, 0.5) is 4.39 Å². The lowest BCUT2D eigenvalue weighted by atomic mass is 9.92. The number of ether oxygens (including phenoxy) is 1. The van der Waals surface area contributed by atoms with Crippen molar-refractivity contribution in [2.75, 3.05) is 7.11 Å². The molecule has 1 aromatic rings. The van der Waals surface area contributed by atoms with Crippen LogP contribution < -0.4 is 10.5 Å². The maximum absolute atomic E-state index is 13.5. The first-order valence-corrected chi connectivity index (χ1v) is 5.82. The molecule has 2 N–H and O–H groups in total. The summed E-state index contributed by atoms with van der Waals surface area (Å²) in [4.78, 5) is 0. The minimum Gasteiger partial charge on any atom is -0.493 e. The monoisotopic (exact) mass is 259 g/mol. The molecule has 0 unspecified atom stereocenters. The van der Waals surface area contributed by atoms with E-state index in [9.17, 15) is 4.39 Å². The largest absolute Gasteiger partial charge is 0.493 e. The average Bonchev–Trinajstić information content (AvgIpc) is 2.81. The molecule has 96 valence electrons. The zero-order valence-electron chi connectivity index (χ0n) is 9.99. The van der Waals surface area contributed by atoms with Crippen molar-refractivity contribution in [3.05, 3.63) is 29.6 Å². The fraction of sp³-hybridized carbons (Fsp3) is 0.538. The fourth-order valence-corrected chi connectivity index (χ4v) is 2.57. The Kier molecular flexibility index (Phi) is 5.22. The van der Waals surface area contributed by atoms with Crippen molar-refractivity contribution in [1.82, 2.24) is 0 Å². The van der Waals surface area contributed by atoms with Crippen molar-refractivity contribution in [2.45, 2.75) is 31.7 Å². The number of hydrogen-bond acceptors (Lipinski definition) is 2. The van der Waals surface area contributed by atoms with E-state index in [0.717, 1.165) is 18.4 Å². The molecule has 0 amide bonds. The highest BCUT2D eigenvalue weighted by Gasteiger charge is 2.26. The molecule has 1 fully saturated rings. The van der Waals surface area contributed by atoms with Crippen LogP contribution in [0.2, 0.25) is 0 Å². The number of halogens is 2. The molecule has 1 saturated carbocycles. The third-order valence-corrected chi connectivity index (χ3v) is 3.47. The molecular weight excluding hydrogens is 241 g/mol. The van der Waals surface area contributed by atoms with E-state index in [1.165, 1.54) is 26.0 Å². The first kappa shape index (κ1) is 14.3. The summed E-state index contributed by atoms with van der Waals surface area (Å²) in [5.74, 6) is 0.450. The van der Waals surface area contributed by atoms with Crippen LogP contribution >= 0.6 is 12.4 Å². The zero-order valence-corrected chi connectivity index (χ0v) is 10.8. The highest BCUT2D eigenvalue weighted by Crippen LogP contribution is 2.38. The Bertz CT molecular complexity index is 366. The lowest BCUT2D eigenvalue weighted by molar-refractivity contribution is 0.363. The van der Waals surface area contributed by atoms with Crippen molar-refractivity contribution >= 4 is 12.4 Å². The lowest BCUT2D eigenvalue weighted by Gasteiger charge is -2.21. The molecule has 0 aliphatic heterocycles. The van der Waals surface area contributed by atoms with Gasteiger partial charge < -0.3 is 10.5 Å². The molecular formula is C13H19ClFNO. The van der Waals surface area contributed by atoms with Gasteiger partial charge in [-0.3, -0.25) is 0 Å². The van der Waals surface area contributed by atoms with Gasteiger partial charge in [-0.2, -0.15) is 0 Å². The summed E-state index contributed by atoms with van der Waals surface area (Å²) in [6.07, 6.45) is 4.74. The van der Waals surface area contributed by atoms with Gasteiger partial charge in [0.25, 0.3) is 0 Å². The number of methoxy groups -OCH3 is 1. The molecule has 1 aliphatic rings. The Balaban J connectivity index is 0.00000144. The number of nitrogens with two attached hydrogens (primary N) is 1. The summed E-state index contributed by atoms with van der Waals surface area (Å²) in [6.45, 7) is 0. The maximum Gasteiger partial charge on any atom is 0.165 e. The van der Waals surface area contributed by atoms with Gasteiger partial charge >= 0.3 is 0 Å². The second-order valence-corrected chi connectivity index (χ2v) is 4.43. The molecule has 0 heterocycles. The highest BCUT2D eigenvalue weighted by molar-refractivity contribution is 5.85. The molecule has 0 radical (unpaired) electrons. The van der Waals surface area contributed by atoms with E-state index >= 15 is 0 Å². The molecule has 0 saturated heterocycles. The van der Waals surface area contributed by atoms with Crippen LogP contribution in [-0.2, 0) is 0 Å². The molecule has 1 aromatic carbocycles. The van der Waals surface area contributed by atoms with Gasteiger partial charge in [0.2, 0.25) is 0 Å². The summed E-state index contributed by atoms with van der Waals surface area (Å²) in [7, 11) is 1.49. The van der Waals surface area contributed by atoms with E-state index in [4.69, 9.17) is 10.5 Å². The highest BCUT2D eigenvalue weighted by atomic mass is 35.5. The standard InChI is InChI=1S/C13H18FNO.ClH/c1-16-13-10(7-4-8-11(13)14)12(15)9-5-2-3-6-9;/h4,7-9,12H,2-3,5-6,15H2,1H3;1H/t12-;/m1./s1. The quantitative estimate of drug-likeness (QED) is 0.902. The van der Waals surface area contributed by atoms with Gasteiger partial charge in [0.05, 0.1) is 7.11 Å². The molecule has 1 atom stereocenters. The molecule has 2 rings (SSSR count). The van der Waals surface area contributed by atoms with Gasteiger partial charge in [-0.1, -0.05) is 25.0 Å². The summed E-state index contributed by atoms with van der Waals surface area (Å²) < 4.78 is 18.6. The van der Waals surface area contributed by atoms with Crippen molar-refractivity contribution < 1.29 is 9.13 Å². The second kappa shape index (κ2) is 6.22. The van der Waals surface area contributed by atoms with Crippen molar-refractivity contribution in [3.8, 4) is 5.75 Å². The van der Waals surface area contributed by atoms with E-state index < -0.39 is 0 Å². The van der Waals surface area contributed by atoms with E-state index in [1.54, 1.807) is 6.07 Å². The van der Waals surface area contributed by atoms with Crippen LogP contribution in [-0.4, -0.2) is 7.11 Å². The van der Waals surface area contributed by atoms with Gasteiger partial charge in [0, 0.05) is 11.6 Å². The SMILES string of the molecule is COc1c(F)cccc1[C@H](N)C1CCCC1.Cl. The zero-order chi connectivity index (χ0) is 11.5. The van der Waals surface area contributed by atoms with Crippen LogP contribution in [0.25, 0.3) is 0 Å².